The number of aliphatic imine (C=N–C) groups is 1. The molecule has 0 bridgehead atoms. The number of benzene rings is 1. The molecule has 2 aromatic heterocycles. The van der Waals surface area contributed by atoms with Crippen LogP contribution in [0.5, 0.6) is 11.6 Å². The number of rotatable bonds is 5. The zero-order valence-corrected chi connectivity index (χ0v) is 15.4. The van der Waals surface area contributed by atoms with Crippen LogP contribution in [0.1, 0.15) is 11.1 Å². The molecule has 0 amide bonds. The van der Waals surface area contributed by atoms with E-state index in [1.165, 1.54) is 22.9 Å². The average Bonchev–Trinajstić information content (AvgIpc) is 3.31. The Bertz CT molecular complexity index is 1150. The quantitative estimate of drug-likeness (QED) is 0.660. The van der Waals surface area contributed by atoms with Gasteiger partial charge in [-0.1, -0.05) is 0 Å². The van der Waals surface area contributed by atoms with Crippen molar-refractivity contribution >= 4 is 5.84 Å². The van der Waals surface area contributed by atoms with Crippen LogP contribution < -0.4 is 15.7 Å². The molecule has 3 heterocycles. The molecule has 0 saturated heterocycles. The van der Waals surface area contributed by atoms with Crippen molar-refractivity contribution in [3.63, 3.8) is 0 Å². The summed E-state index contributed by atoms with van der Waals surface area (Å²) < 4.78 is 43.0. The molecule has 0 atom stereocenters. The molecule has 0 spiro atoms. The number of ether oxygens (including phenoxy) is 1. The lowest BCUT2D eigenvalue weighted by Crippen LogP contribution is -2.26. The Kier molecular flexibility index (Phi) is 4.94. The summed E-state index contributed by atoms with van der Waals surface area (Å²) in [5, 5.41) is 13.4. The molecule has 156 valence electrons. The second-order valence-electron chi connectivity index (χ2n) is 6.46. The summed E-state index contributed by atoms with van der Waals surface area (Å²) in [7, 11) is 0. The van der Waals surface area contributed by atoms with Crippen molar-refractivity contribution < 1.29 is 23.0 Å². The van der Waals surface area contributed by atoms with Crippen LogP contribution in [0.15, 0.2) is 58.7 Å². The number of amidine groups is 1. The van der Waals surface area contributed by atoms with E-state index >= 15 is 0 Å². The Labute approximate surface area is 167 Å². The zero-order valence-electron chi connectivity index (χ0n) is 15.4. The maximum Gasteiger partial charge on any atom is 0.573 e. The van der Waals surface area contributed by atoms with Gasteiger partial charge in [0.1, 0.15) is 11.6 Å². The van der Waals surface area contributed by atoms with Gasteiger partial charge in [-0.25, -0.2) is 9.36 Å². The van der Waals surface area contributed by atoms with E-state index in [-0.39, 0.29) is 18.1 Å². The predicted octanol–water partition coefficient (Wildman–Crippen LogP) is 2.04. The maximum absolute atomic E-state index is 12.8. The van der Waals surface area contributed by atoms with Gasteiger partial charge in [-0.05, 0) is 35.9 Å². The van der Waals surface area contributed by atoms with Gasteiger partial charge in [-0.2, -0.15) is 0 Å². The van der Waals surface area contributed by atoms with Crippen LogP contribution in [-0.2, 0) is 6.54 Å². The minimum absolute atomic E-state index is 0.146. The molecule has 4 rings (SSSR count). The van der Waals surface area contributed by atoms with Gasteiger partial charge in [0.15, 0.2) is 0 Å². The van der Waals surface area contributed by atoms with Crippen molar-refractivity contribution in [3.05, 3.63) is 70.5 Å². The Morgan fingerprint density at radius 3 is 2.63 bits per heavy atom. The third-order valence-electron chi connectivity index (χ3n) is 4.45. The predicted molar refractivity (Wildman–Crippen MR) is 101 cm³/mol. The van der Waals surface area contributed by atoms with Gasteiger partial charge < -0.3 is 15.2 Å². The monoisotopic (exact) mass is 419 g/mol. The van der Waals surface area contributed by atoms with Crippen LogP contribution >= 0.6 is 0 Å². The first-order valence-electron chi connectivity index (χ1n) is 8.91. The lowest BCUT2D eigenvalue weighted by Gasteiger charge is -2.10. The van der Waals surface area contributed by atoms with Gasteiger partial charge in [0.05, 0.1) is 25.0 Å². The third-order valence-corrected chi connectivity index (χ3v) is 4.45. The number of pyridine rings is 1. The zero-order chi connectivity index (χ0) is 21.3. The van der Waals surface area contributed by atoms with Crippen LogP contribution in [0.25, 0.3) is 5.69 Å². The van der Waals surface area contributed by atoms with Gasteiger partial charge in [0.25, 0.3) is 0 Å². The highest BCUT2D eigenvalue weighted by Crippen LogP contribution is 2.24. The minimum atomic E-state index is -4.81. The molecule has 2 N–H and O–H groups in total. The fraction of sp³-hybridized carbons (Fsp3) is 0.211. The summed E-state index contributed by atoms with van der Waals surface area (Å²) in [5.41, 5.74) is 1.16. The van der Waals surface area contributed by atoms with Gasteiger partial charge >= 0.3 is 12.1 Å². The number of aromatic hydroxyl groups is 1. The SMILES string of the molecule is O=c1n(Cc2ccncc2C2=NCCN2)cc(O)n1-c1ccc(OC(F)(F)F)cc1. The van der Waals surface area contributed by atoms with Gasteiger partial charge in [-0.15, -0.1) is 13.2 Å². The number of hydrogen-bond donors (Lipinski definition) is 2. The van der Waals surface area contributed by atoms with E-state index in [1.807, 2.05) is 0 Å². The van der Waals surface area contributed by atoms with Gasteiger partial charge in [0, 0.05) is 24.5 Å². The fourth-order valence-electron chi connectivity index (χ4n) is 3.17. The molecule has 1 aliphatic rings. The Hall–Kier alpha value is -3.76. The number of nitrogens with one attached hydrogen (secondary N) is 1. The molecule has 30 heavy (non-hydrogen) atoms. The van der Waals surface area contributed by atoms with Gasteiger partial charge in [0.2, 0.25) is 5.88 Å². The fourth-order valence-corrected chi connectivity index (χ4v) is 3.17. The smallest absolute Gasteiger partial charge is 0.493 e. The van der Waals surface area contributed by atoms with Crippen molar-refractivity contribution in [2.75, 3.05) is 13.1 Å². The van der Waals surface area contributed by atoms with Crippen molar-refractivity contribution in [2.24, 2.45) is 4.99 Å². The third kappa shape index (κ3) is 4.00. The minimum Gasteiger partial charge on any atom is -0.493 e. The van der Waals surface area contributed by atoms with Crippen molar-refractivity contribution in [2.45, 2.75) is 12.9 Å². The molecule has 1 aliphatic heterocycles. The lowest BCUT2D eigenvalue weighted by atomic mass is 10.1. The summed E-state index contributed by atoms with van der Waals surface area (Å²) in [6, 6.07) is 6.39. The van der Waals surface area contributed by atoms with E-state index in [1.54, 1.807) is 18.5 Å². The maximum atomic E-state index is 12.8. The number of imidazole rings is 1. The van der Waals surface area contributed by atoms with E-state index < -0.39 is 17.8 Å². The average molecular weight is 419 g/mol. The molecular formula is C19H16F3N5O3. The molecule has 8 nitrogen and oxygen atoms in total. The van der Waals surface area contributed by atoms with Crippen LogP contribution in [0.2, 0.25) is 0 Å². The normalized spacial score (nSPS) is 13.8. The number of halogens is 3. The lowest BCUT2D eigenvalue weighted by molar-refractivity contribution is -0.274. The van der Waals surface area contributed by atoms with Crippen LogP contribution in [0.4, 0.5) is 13.2 Å². The van der Waals surface area contributed by atoms with Crippen LogP contribution in [0.3, 0.4) is 0 Å². The standard InChI is InChI=1S/C19H16F3N5O3/c20-19(21,22)30-14-3-1-13(2-4-14)27-16(28)11-26(18(27)29)10-12-5-6-23-9-15(12)17-24-7-8-25-17/h1-6,9,11,28H,7-8,10H2,(H,24,25). The highest BCUT2D eigenvalue weighted by Gasteiger charge is 2.31. The Morgan fingerprint density at radius 1 is 1.20 bits per heavy atom. The van der Waals surface area contributed by atoms with E-state index in [2.05, 4.69) is 20.0 Å². The summed E-state index contributed by atoms with van der Waals surface area (Å²) in [6.07, 6.45) is -0.315. The second kappa shape index (κ2) is 7.58. The molecular weight excluding hydrogens is 403 g/mol. The molecule has 0 aliphatic carbocycles. The van der Waals surface area contributed by atoms with E-state index in [0.29, 0.717) is 12.4 Å². The molecule has 0 radical (unpaired) electrons. The van der Waals surface area contributed by atoms with Crippen molar-refractivity contribution in [1.29, 1.82) is 0 Å². The van der Waals surface area contributed by atoms with Crippen molar-refractivity contribution in [3.8, 4) is 17.3 Å². The molecule has 0 unspecified atom stereocenters. The molecule has 1 aromatic carbocycles. The first-order valence-corrected chi connectivity index (χ1v) is 8.91. The number of aromatic nitrogens is 3. The molecule has 11 heteroatoms. The van der Waals surface area contributed by atoms with E-state index in [4.69, 9.17) is 0 Å². The van der Waals surface area contributed by atoms with E-state index in [0.717, 1.165) is 34.4 Å². The highest BCUT2D eigenvalue weighted by molar-refractivity contribution is 6.00. The topological polar surface area (TPSA) is 93.7 Å². The first-order chi connectivity index (χ1) is 14.3. The highest BCUT2D eigenvalue weighted by atomic mass is 19.4. The largest absolute Gasteiger partial charge is 0.573 e. The van der Waals surface area contributed by atoms with E-state index in [9.17, 15) is 23.1 Å². The molecule has 3 aromatic rings. The summed E-state index contributed by atoms with van der Waals surface area (Å²) >= 11 is 0. The first kappa shape index (κ1) is 19.6. The number of nitrogens with zero attached hydrogens (tertiary/aromatic N) is 4. The summed E-state index contributed by atoms with van der Waals surface area (Å²) in [4.78, 5) is 21.3. The van der Waals surface area contributed by atoms with Crippen LogP contribution in [0, 0.1) is 0 Å². The molecule has 0 fully saturated rings. The second-order valence-corrected chi connectivity index (χ2v) is 6.46. The van der Waals surface area contributed by atoms with Crippen molar-refractivity contribution in [1.82, 2.24) is 19.4 Å². The number of alkyl halides is 3. The van der Waals surface area contributed by atoms with Gasteiger partial charge in [-0.3, -0.25) is 14.5 Å². The summed E-state index contributed by atoms with van der Waals surface area (Å²) in [5.74, 6) is -0.0871. The summed E-state index contributed by atoms with van der Waals surface area (Å²) in [6.45, 7) is 1.51. The Balaban J connectivity index is 1.63. The van der Waals surface area contributed by atoms with Crippen LogP contribution in [-0.4, -0.2) is 44.5 Å². The Morgan fingerprint density at radius 2 is 1.97 bits per heavy atom. The number of hydrogen-bond acceptors (Lipinski definition) is 6. The molecule has 0 saturated carbocycles.